The van der Waals surface area contributed by atoms with E-state index in [4.69, 9.17) is 15.0 Å². The standard InChI is InChI=1S/C88H72F3N5/c1-49-35-53(5)81(54(6)36-49)63-23-29-75-69(43-63)70-44-64(82-55(7)37-50(2)38-56(82)8)24-30-76(70)95(75)79-33-27-67(87-93-85(61-19-15-13-16-20-61)92-86(94-87)62-21-17-14-18-22-62)47-73(79)74-48-68(88(89,90)91)28-34-80(74)96-77-31-25-65(83-57(9)39-51(3)40-58(83)10)45-71(77)72-46-66(26-32-78(72)96)84-59(11)41-52(4)42-60(84)12/h13-48H,1-12H3. The van der Waals surface area contributed by atoms with Crippen LogP contribution >= 0.6 is 0 Å². The lowest BCUT2D eigenvalue weighted by molar-refractivity contribution is -0.137. The predicted molar refractivity (Wildman–Crippen MR) is 394 cm³/mol. The third kappa shape index (κ3) is 10.7. The van der Waals surface area contributed by atoms with E-state index in [-0.39, 0.29) is 0 Å². The lowest BCUT2D eigenvalue weighted by Gasteiger charge is -2.21. The fourth-order valence-corrected chi connectivity index (χ4v) is 15.9. The summed E-state index contributed by atoms with van der Waals surface area (Å²) in [5.41, 5.74) is 30.2. The van der Waals surface area contributed by atoms with Crippen molar-refractivity contribution in [3.63, 3.8) is 0 Å². The maximum Gasteiger partial charge on any atom is 0.416 e. The molecule has 0 N–H and O–H groups in total. The van der Waals surface area contributed by atoms with Crippen molar-refractivity contribution in [1.82, 2.24) is 24.1 Å². The smallest absolute Gasteiger partial charge is 0.309 e. The Bertz CT molecular complexity index is 5330. The van der Waals surface area contributed by atoms with Gasteiger partial charge < -0.3 is 9.13 Å². The van der Waals surface area contributed by atoms with Crippen molar-refractivity contribution in [2.75, 3.05) is 0 Å². The predicted octanol–water partition coefficient (Wildman–Crippen LogP) is 24.1. The van der Waals surface area contributed by atoms with E-state index in [1.165, 1.54) is 90.0 Å². The van der Waals surface area contributed by atoms with Crippen LogP contribution in [0, 0.1) is 83.1 Å². The van der Waals surface area contributed by atoms with Gasteiger partial charge in [-0.3, -0.25) is 0 Å². The summed E-state index contributed by atoms with van der Waals surface area (Å²) in [6, 6.07) is 74.4. The highest BCUT2D eigenvalue weighted by Gasteiger charge is 2.33. The Balaban J connectivity index is 1.07. The van der Waals surface area contributed by atoms with E-state index in [2.05, 4.69) is 220 Å². The molecule has 15 rings (SSSR count). The summed E-state index contributed by atoms with van der Waals surface area (Å²) in [7, 11) is 0. The Morgan fingerprint density at radius 3 is 0.833 bits per heavy atom. The SMILES string of the molecule is Cc1cc(C)c(-c2ccc3c(c2)c2cc(-c4c(C)cc(C)cc4C)ccc2n3-c2ccc(-c3nc(-c4ccccc4)nc(-c4ccccc4)n3)cc2-c2cc(C(F)(F)F)ccc2-n2c3ccc(-c4c(C)cc(C)cc4C)cc3c3cc(-c4c(C)cc(C)cc4C)ccc32)c(C)c1. The van der Waals surface area contributed by atoms with Gasteiger partial charge in [-0.15, -0.1) is 0 Å². The van der Waals surface area contributed by atoms with Gasteiger partial charge in [0.1, 0.15) is 0 Å². The molecule has 8 heteroatoms. The highest BCUT2D eigenvalue weighted by Crippen LogP contribution is 2.48. The molecule has 0 fully saturated rings. The molecule has 0 saturated carbocycles. The Labute approximate surface area is 558 Å². The summed E-state index contributed by atoms with van der Waals surface area (Å²) < 4.78 is 52.7. The van der Waals surface area contributed by atoms with Crippen molar-refractivity contribution >= 4 is 43.6 Å². The fourth-order valence-electron chi connectivity index (χ4n) is 15.9. The number of halogens is 3. The maximum absolute atomic E-state index is 16.1. The van der Waals surface area contributed by atoms with Gasteiger partial charge in [-0.2, -0.15) is 13.2 Å². The van der Waals surface area contributed by atoms with Crippen molar-refractivity contribution in [3.8, 4) is 101 Å². The molecule has 5 nitrogen and oxygen atoms in total. The van der Waals surface area contributed by atoms with Gasteiger partial charge in [-0.25, -0.2) is 15.0 Å². The number of aromatic nitrogens is 5. The summed E-state index contributed by atoms with van der Waals surface area (Å²) >= 11 is 0. The minimum Gasteiger partial charge on any atom is -0.309 e. The van der Waals surface area contributed by atoms with Crippen molar-refractivity contribution in [2.45, 2.75) is 89.3 Å². The number of alkyl halides is 3. The van der Waals surface area contributed by atoms with Gasteiger partial charge in [0.05, 0.1) is 39.0 Å². The Hall–Kier alpha value is -11.0. The third-order valence-electron chi connectivity index (χ3n) is 19.4. The molecular formula is C88H72F3N5. The van der Waals surface area contributed by atoms with Crippen LogP contribution in [0.1, 0.15) is 72.3 Å². The van der Waals surface area contributed by atoms with E-state index < -0.39 is 11.7 Å². The highest BCUT2D eigenvalue weighted by atomic mass is 19.4. The van der Waals surface area contributed by atoms with Gasteiger partial charge in [-0.1, -0.05) is 156 Å². The first-order chi connectivity index (χ1) is 46.1. The lowest BCUT2D eigenvalue weighted by Crippen LogP contribution is -2.08. The van der Waals surface area contributed by atoms with Crippen molar-refractivity contribution in [2.24, 2.45) is 0 Å². The molecule has 470 valence electrons. The molecule has 0 unspecified atom stereocenters. The Kier molecular flexibility index (Phi) is 15.0. The molecule has 0 saturated heterocycles. The second-order valence-electron chi connectivity index (χ2n) is 26.7. The van der Waals surface area contributed by atoms with Crippen molar-refractivity contribution in [3.05, 3.63) is 291 Å². The van der Waals surface area contributed by atoms with Crippen LogP contribution in [0.5, 0.6) is 0 Å². The molecule has 0 aliphatic carbocycles. The van der Waals surface area contributed by atoms with Crippen LogP contribution in [0.2, 0.25) is 0 Å². The number of hydrogen-bond donors (Lipinski definition) is 0. The van der Waals surface area contributed by atoms with Crippen LogP contribution in [-0.2, 0) is 6.18 Å². The van der Waals surface area contributed by atoms with E-state index in [1.54, 1.807) is 6.07 Å². The van der Waals surface area contributed by atoms with Gasteiger partial charge in [0.25, 0.3) is 0 Å². The van der Waals surface area contributed by atoms with Crippen LogP contribution in [0.3, 0.4) is 0 Å². The van der Waals surface area contributed by atoms with E-state index in [9.17, 15) is 0 Å². The van der Waals surface area contributed by atoms with E-state index in [1.807, 2.05) is 72.8 Å². The van der Waals surface area contributed by atoms with Gasteiger partial charge >= 0.3 is 6.18 Å². The number of aryl methyl sites for hydroxylation is 12. The zero-order valence-electron chi connectivity index (χ0n) is 56.2. The van der Waals surface area contributed by atoms with Crippen LogP contribution in [0.4, 0.5) is 13.2 Å². The van der Waals surface area contributed by atoms with Crippen molar-refractivity contribution < 1.29 is 13.2 Å². The minimum atomic E-state index is -4.72. The van der Waals surface area contributed by atoms with Gasteiger partial charge in [-0.05, 0) is 257 Å². The molecule has 0 aliphatic heterocycles. The summed E-state index contributed by atoms with van der Waals surface area (Å²) in [5.74, 6) is 1.30. The molecule has 0 bridgehead atoms. The quantitative estimate of drug-likeness (QED) is 0.137. The molecule has 96 heavy (non-hydrogen) atoms. The van der Waals surface area contributed by atoms with E-state index in [0.717, 1.165) is 88.1 Å². The number of hydrogen-bond acceptors (Lipinski definition) is 3. The molecule has 0 spiro atoms. The highest BCUT2D eigenvalue weighted by molar-refractivity contribution is 6.14. The Morgan fingerprint density at radius 2 is 0.531 bits per heavy atom. The zero-order valence-corrected chi connectivity index (χ0v) is 56.2. The Morgan fingerprint density at radius 1 is 0.260 bits per heavy atom. The average molecular weight is 1260 g/mol. The summed E-state index contributed by atoms with van der Waals surface area (Å²) in [4.78, 5) is 15.5. The number of benzene rings is 12. The summed E-state index contributed by atoms with van der Waals surface area (Å²) in [6.07, 6.45) is -4.72. The van der Waals surface area contributed by atoms with E-state index in [0.29, 0.717) is 45.5 Å². The minimum absolute atomic E-state index is 0.366. The first-order valence-corrected chi connectivity index (χ1v) is 32.9. The third-order valence-corrected chi connectivity index (χ3v) is 19.4. The van der Waals surface area contributed by atoms with Crippen LogP contribution in [0.25, 0.3) is 145 Å². The molecule has 0 amide bonds. The van der Waals surface area contributed by atoms with Crippen molar-refractivity contribution in [1.29, 1.82) is 0 Å². The second-order valence-corrected chi connectivity index (χ2v) is 26.7. The first kappa shape index (κ1) is 61.2. The van der Waals surface area contributed by atoms with Crippen LogP contribution < -0.4 is 0 Å². The monoisotopic (exact) mass is 1260 g/mol. The zero-order chi connectivity index (χ0) is 66.7. The largest absolute Gasteiger partial charge is 0.416 e. The first-order valence-electron chi connectivity index (χ1n) is 32.9. The molecule has 3 aromatic heterocycles. The van der Waals surface area contributed by atoms with Crippen LogP contribution in [0.15, 0.2) is 218 Å². The number of nitrogens with zero attached hydrogens (tertiary/aromatic N) is 5. The van der Waals surface area contributed by atoms with Gasteiger partial charge in [0.15, 0.2) is 17.5 Å². The number of rotatable bonds is 10. The summed E-state index contributed by atoms with van der Waals surface area (Å²) in [6.45, 7) is 25.9. The second kappa shape index (κ2) is 23.5. The molecule has 3 heterocycles. The molecule has 0 aliphatic rings. The summed E-state index contributed by atoms with van der Waals surface area (Å²) in [5, 5.41) is 3.97. The normalized spacial score (nSPS) is 11.9. The maximum atomic E-state index is 16.1. The molecule has 0 atom stereocenters. The fraction of sp³-hybridized carbons (Fsp3) is 0.148. The molecular weight excluding hydrogens is 1180 g/mol. The van der Waals surface area contributed by atoms with Gasteiger partial charge in [0.2, 0.25) is 0 Å². The topological polar surface area (TPSA) is 48.5 Å². The lowest BCUT2D eigenvalue weighted by atomic mass is 9.91. The van der Waals surface area contributed by atoms with E-state index >= 15 is 13.2 Å². The van der Waals surface area contributed by atoms with Crippen LogP contribution in [-0.4, -0.2) is 24.1 Å². The van der Waals surface area contributed by atoms with Gasteiger partial charge in [0, 0.05) is 49.4 Å². The molecule has 12 aromatic carbocycles. The average Bonchev–Trinajstić information content (AvgIpc) is 1.55. The molecule has 0 radical (unpaired) electrons. The number of fused-ring (bicyclic) bond motifs is 6. The molecule has 15 aromatic rings.